The first-order chi connectivity index (χ1) is 11.5. The zero-order valence-corrected chi connectivity index (χ0v) is 14.8. The van der Waals surface area contributed by atoms with E-state index in [9.17, 15) is 14.7 Å². The molecule has 0 aliphatic carbocycles. The molecular weight excluding hydrogens is 350 g/mol. The monoisotopic (exact) mass is 369 g/mol. The second-order valence-corrected chi connectivity index (χ2v) is 7.83. The van der Waals surface area contributed by atoms with Crippen molar-refractivity contribution in [2.75, 3.05) is 32.1 Å². The number of fused-ring (bicyclic) bond motifs is 1. The molecule has 5 nitrogen and oxygen atoms in total. The SMILES string of the molecule is O=C(CCSc1ccccc1Cl)N1C[C@H]2COCC[C@@]2(C(=O)O)C1. The molecule has 1 amide bonds. The number of benzene rings is 1. The standard InChI is InChI=1S/C17H20ClNO4S/c18-13-3-1-2-4-14(13)24-8-5-15(20)19-9-12-10-23-7-6-17(12,11-19)16(21)22/h1-4,12H,5-11H2,(H,21,22)/t12-,17+/m0/s1. The van der Waals surface area contributed by atoms with Crippen LogP contribution in [0, 0.1) is 11.3 Å². The fourth-order valence-electron chi connectivity index (χ4n) is 3.46. The smallest absolute Gasteiger partial charge is 0.311 e. The lowest BCUT2D eigenvalue weighted by molar-refractivity contribution is -0.157. The highest BCUT2D eigenvalue weighted by molar-refractivity contribution is 7.99. The van der Waals surface area contributed by atoms with E-state index in [4.69, 9.17) is 16.3 Å². The summed E-state index contributed by atoms with van der Waals surface area (Å²) in [7, 11) is 0. The maximum atomic E-state index is 12.5. The van der Waals surface area contributed by atoms with Crippen molar-refractivity contribution in [3.05, 3.63) is 29.3 Å². The normalized spacial score (nSPS) is 26.2. The second-order valence-electron chi connectivity index (χ2n) is 6.29. The van der Waals surface area contributed by atoms with Crippen LogP contribution in [-0.4, -0.2) is 53.9 Å². The summed E-state index contributed by atoms with van der Waals surface area (Å²) in [6.07, 6.45) is 0.852. The third kappa shape index (κ3) is 3.41. The van der Waals surface area contributed by atoms with Gasteiger partial charge in [0.25, 0.3) is 0 Å². The van der Waals surface area contributed by atoms with E-state index in [2.05, 4.69) is 0 Å². The Labute approximate surface area is 150 Å². The van der Waals surface area contributed by atoms with Crippen LogP contribution in [0.2, 0.25) is 5.02 Å². The quantitative estimate of drug-likeness (QED) is 0.808. The summed E-state index contributed by atoms with van der Waals surface area (Å²) >= 11 is 7.65. The van der Waals surface area contributed by atoms with Gasteiger partial charge in [-0.15, -0.1) is 11.8 Å². The molecule has 7 heteroatoms. The van der Waals surface area contributed by atoms with E-state index in [0.29, 0.717) is 49.9 Å². The van der Waals surface area contributed by atoms with Crippen LogP contribution in [0.5, 0.6) is 0 Å². The van der Waals surface area contributed by atoms with E-state index in [1.165, 1.54) is 0 Å². The maximum absolute atomic E-state index is 12.5. The molecule has 1 N–H and O–H groups in total. The van der Waals surface area contributed by atoms with Crippen LogP contribution >= 0.6 is 23.4 Å². The van der Waals surface area contributed by atoms with Crippen molar-refractivity contribution in [1.29, 1.82) is 0 Å². The van der Waals surface area contributed by atoms with Gasteiger partial charge in [-0.1, -0.05) is 23.7 Å². The zero-order chi connectivity index (χ0) is 17.2. The average molecular weight is 370 g/mol. The Hall–Kier alpha value is -1.24. The number of thioether (sulfide) groups is 1. The molecule has 2 fully saturated rings. The molecular formula is C17H20ClNO4S. The molecule has 0 aromatic heterocycles. The summed E-state index contributed by atoms with van der Waals surface area (Å²) in [5.41, 5.74) is -0.830. The molecule has 2 aliphatic heterocycles. The Morgan fingerprint density at radius 2 is 2.21 bits per heavy atom. The van der Waals surface area contributed by atoms with Gasteiger partial charge in [-0.05, 0) is 18.6 Å². The summed E-state index contributed by atoms with van der Waals surface area (Å²) < 4.78 is 5.42. The largest absolute Gasteiger partial charge is 0.481 e. The number of hydrogen-bond donors (Lipinski definition) is 1. The molecule has 0 radical (unpaired) electrons. The second kappa shape index (κ2) is 7.33. The van der Waals surface area contributed by atoms with Crippen molar-refractivity contribution in [2.24, 2.45) is 11.3 Å². The number of halogens is 1. The number of carbonyl (C=O) groups excluding carboxylic acids is 1. The molecule has 2 atom stereocenters. The number of ether oxygens (including phenoxy) is 1. The summed E-state index contributed by atoms with van der Waals surface area (Å²) in [5.74, 6) is -0.287. The fraction of sp³-hybridized carbons (Fsp3) is 0.529. The molecule has 2 aliphatic rings. The molecule has 0 saturated carbocycles. The molecule has 1 aromatic rings. The summed E-state index contributed by atoms with van der Waals surface area (Å²) in [6, 6.07) is 7.54. The van der Waals surface area contributed by atoms with Crippen molar-refractivity contribution in [2.45, 2.75) is 17.7 Å². The third-order valence-corrected chi connectivity index (χ3v) is 6.41. The van der Waals surface area contributed by atoms with Crippen molar-refractivity contribution in [3.63, 3.8) is 0 Å². The number of aliphatic carboxylic acids is 1. The van der Waals surface area contributed by atoms with Gasteiger partial charge in [0.15, 0.2) is 0 Å². The highest BCUT2D eigenvalue weighted by Gasteiger charge is 2.54. The Balaban J connectivity index is 1.56. The van der Waals surface area contributed by atoms with E-state index < -0.39 is 11.4 Å². The van der Waals surface area contributed by atoms with Gasteiger partial charge in [-0.2, -0.15) is 0 Å². The number of amides is 1. The molecule has 1 aromatic carbocycles. The topological polar surface area (TPSA) is 66.8 Å². The molecule has 130 valence electrons. The van der Waals surface area contributed by atoms with Crippen LogP contribution in [0.3, 0.4) is 0 Å². The van der Waals surface area contributed by atoms with Crippen molar-refractivity contribution >= 4 is 35.2 Å². The first-order valence-corrected chi connectivity index (χ1v) is 9.35. The maximum Gasteiger partial charge on any atom is 0.311 e. The minimum Gasteiger partial charge on any atom is -0.481 e. The molecule has 2 saturated heterocycles. The van der Waals surface area contributed by atoms with Gasteiger partial charge in [-0.3, -0.25) is 9.59 Å². The zero-order valence-electron chi connectivity index (χ0n) is 13.2. The number of nitrogens with zero attached hydrogens (tertiary/aromatic N) is 1. The predicted molar refractivity (Wildman–Crippen MR) is 92.4 cm³/mol. The van der Waals surface area contributed by atoms with E-state index in [1.807, 2.05) is 24.3 Å². The number of likely N-dealkylation sites (tertiary alicyclic amines) is 1. The molecule has 0 spiro atoms. The van der Waals surface area contributed by atoms with Crippen LogP contribution in [0.15, 0.2) is 29.2 Å². The first-order valence-electron chi connectivity index (χ1n) is 7.99. The Bertz CT molecular complexity index is 641. The lowest BCUT2D eigenvalue weighted by atomic mass is 9.74. The number of hydrogen-bond acceptors (Lipinski definition) is 4. The summed E-state index contributed by atoms with van der Waals surface area (Å²) in [5, 5.41) is 10.3. The van der Waals surface area contributed by atoms with Gasteiger partial charge in [0.2, 0.25) is 5.91 Å². The lowest BCUT2D eigenvalue weighted by Gasteiger charge is -2.33. The van der Waals surface area contributed by atoms with Crippen LogP contribution < -0.4 is 0 Å². The van der Waals surface area contributed by atoms with Crippen LogP contribution in [0.4, 0.5) is 0 Å². The van der Waals surface area contributed by atoms with Gasteiger partial charge < -0.3 is 14.7 Å². The average Bonchev–Trinajstić information content (AvgIpc) is 2.98. The van der Waals surface area contributed by atoms with Gasteiger partial charge in [0, 0.05) is 42.7 Å². The van der Waals surface area contributed by atoms with Crippen LogP contribution in [-0.2, 0) is 14.3 Å². The molecule has 3 rings (SSSR count). The van der Waals surface area contributed by atoms with Crippen LogP contribution in [0.25, 0.3) is 0 Å². The highest BCUT2D eigenvalue weighted by atomic mass is 35.5. The number of rotatable bonds is 5. The highest BCUT2D eigenvalue weighted by Crippen LogP contribution is 2.42. The van der Waals surface area contributed by atoms with E-state index in [1.54, 1.807) is 16.7 Å². The number of carbonyl (C=O) groups is 2. The number of carboxylic acids is 1. The summed E-state index contributed by atoms with van der Waals surface area (Å²) in [4.78, 5) is 26.9. The molecule has 2 heterocycles. The van der Waals surface area contributed by atoms with Crippen molar-refractivity contribution < 1.29 is 19.4 Å². The Morgan fingerprint density at radius 3 is 2.92 bits per heavy atom. The molecule has 0 bridgehead atoms. The van der Waals surface area contributed by atoms with Crippen molar-refractivity contribution in [1.82, 2.24) is 4.90 Å². The van der Waals surface area contributed by atoms with Gasteiger partial charge in [0.05, 0.1) is 17.0 Å². The van der Waals surface area contributed by atoms with Crippen molar-refractivity contribution in [3.8, 4) is 0 Å². The predicted octanol–water partition coefficient (Wildman–Crippen LogP) is 2.77. The third-order valence-electron chi connectivity index (χ3n) is 4.90. The van der Waals surface area contributed by atoms with Crippen LogP contribution in [0.1, 0.15) is 12.8 Å². The number of carboxylic acid groups (broad SMARTS) is 1. The minimum absolute atomic E-state index is 0.00424. The Morgan fingerprint density at radius 1 is 1.42 bits per heavy atom. The van der Waals surface area contributed by atoms with E-state index >= 15 is 0 Å². The van der Waals surface area contributed by atoms with Gasteiger partial charge in [0.1, 0.15) is 0 Å². The first kappa shape index (κ1) is 17.6. The van der Waals surface area contributed by atoms with E-state index in [-0.39, 0.29) is 11.8 Å². The Kier molecular flexibility index (Phi) is 5.37. The summed E-state index contributed by atoms with van der Waals surface area (Å²) in [6.45, 7) is 1.64. The molecule has 0 unspecified atom stereocenters. The minimum atomic E-state index is -0.830. The van der Waals surface area contributed by atoms with Gasteiger partial charge in [-0.25, -0.2) is 0 Å². The van der Waals surface area contributed by atoms with Gasteiger partial charge >= 0.3 is 5.97 Å². The van der Waals surface area contributed by atoms with E-state index in [0.717, 1.165) is 4.90 Å². The molecule has 24 heavy (non-hydrogen) atoms. The fourth-order valence-corrected chi connectivity index (χ4v) is 4.63. The lowest BCUT2D eigenvalue weighted by Crippen LogP contribution is -2.45.